The summed E-state index contributed by atoms with van der Waals surface area (Å²) >= 11 is 0. The molecular weight excluding hydrogens is 318 g/mol. The number of anilines is 1. The molecule has 24 heavy (non-hydrogen) atoms. The van der Waals surface area contributed by atoms with E-state index in [2.05, 4.69) is 19.8 Å². The van der Waals surface area contributed by atoms with Crippen LogP contribution in [0.2, 0.25) is 0 Å². The van der Waals surface area contributed by atoms with Crippen LogP contribution in [-0.4, -0.2) is 30.4 Å². The van der Waals surface area contributed by atoms with Crippen molar-refractivity contribution in [3.8, 4) is 0 Å². The molecule has 1 N–H and O–H groups in total. The molecule has 1 aromatic carbocycles. The molecule has 0 atom stereocenters. The first-order chi connectivity index (χ1) is 11.1. The van der Waals surface area contributed by atoms with E-state index in [-0.39, 0.29) is 12.2 Å². The number of hydrogen-bond acceptors (Lipinski definition) is 7. The standard InChI is InChI=1S/C16H21NO7/c1-6-21-15(20)24-23-13(18)12-8-7-11(9-10(12)2)17-14(19)22-16(3,4)5/h7-9H,6H2,1-5H3,(H,17,19). The van der Waals surface area contributed by atoms with Crippen molar-refractivity contribution in [2.24, 2.45) is 0 Å². The first-order valence-electron chi connectivity index (χ1n) is 7.28. The average Bonchev–Trinajstić information content (AvgIpc) is 2.43. The van der Waals surface area contributed by atoms with Crippen molar-refractivity contribution >= 4 is 23.9 Å². The highest BCUT2D eigenvalue weighted by Gasteiger charge is 2.18. The summed E-state index contributed by atoms with van der Waals surface area (Å²) in [5.41, 5.74) is 0.521. The van der Waals surface area contributed by atoms with Gasteiger partial charge in [-0.05, 0) is 58.4 Å². The van der Waals surface area contributed by atoms with Crippen LogP contribution in [0.5, 0.6) is 0 Å². The van der Waals surface area contributed by atoms with Crippen LogP contribution in [-0.2, 0) is 19.2 Å². The minimum atomic E-state index is -1.10. The molecule has 0 saturated heterocycles. The fraction of sp³-hybridized carbons (Fsp3) is 0.438. The second-order valence-electron chi connectivity index (χ2n) is 5.79. The first-order valence-corrected chi connectivity index (χ1v) is 7.28. The second kappa shape index (κ2) is 8.19. The van der Waals surface area contributed by atoms with Gasteiger partial charge in [0.25, 0.3) is 0 Å². The maximum atomic E-state index is 11.8. The molecule has 0 radical (unpaired) electrons. The quantitative estimate of drug-likeness (QED) is 0.510. The Morgan fingerprint density at radius 1 is 1.12 bits per heavy atom. The maximum absolute atomic E-state index is 11.8. The number of benzene rings is 1. The topological polar surface area (TPSA) is 100 Å². The lowest BCUT2D eigenvalue weighted by atomic mass is 10.1. The van der Waals surface area contributed by atoms with E-state index in [1.807, 2.05) is 0 Å². The second-order valence-corrected chi connectivity index (χ2v) is 5.79. The van der Waals surface area contributed by atoms with Gasteiger partial charge in [-0.1, -0.05) is 0 Å². The van der Waals surface area contributed by atoms with Gasteiger partial charge in [0.05, 0.1) is 12.2 Å². The van der Waals surface area contributed by atoms with Crippen molar-refractivity contribution in [3.63, 3.8) is 0 Å². The molecule has 0 aliphatic rings. The Balaban J connectivity index is 2.68. The van der Waals surface area contributed by atoms with Crippen LogP contribution in [0, 0.1) is 6.92 Å². The third kappa shape index (κ3) is 6.55. The average molecular weight is 339 g/mol. The molecule has 0 heterocycles. The van der Waals surface area contributed by atoms with Crippen molar-refractivity contribution in [2.45, 2.75) is 40.2 Å². The molecule has 1 aromatic rings. The van der Waals surface area contributed by atoms with Crippen LogP contribution in [0.15, 0.2) is 18.2 Å². The van der Waals surface area contributed by atoms with Crippen LogP contribution in [0.3, 0.4) is 0 Å². The van der Waals surface area contributed by atoms with Crippen LogP contribution >= 0.6 is 0 Å². The lowest BCUT2D eigenvalue weighted by Crippen LogP contribution is -2.27. The Labute approximate surface area is 139 Å². The number of carbonyl (C=O) groups is 3. The number of amides is 1. The predicted octanol–water partition coefficient (Wildman–Crippen LogP) is 3.59. The van der Waals surface area contributed by atoms with Crippen molar-refractivity contribution in [1.82, 2.24) is 0 Å². The van der Waals surface area contributed by atoms with Gasteiger partial charge in [0.15, 0.2) is 0 Å². The molecule has 0 saturated carbocycles. The Morgan fingerprint density at radius 3 is 2.33 bits per heavy atom. The van der Waals surface area contributed by atoms with Gasteiger partial charge in [-0.15, -0.1) is 0 Å². The van der Waals surface area contributed by atoms with Crippen molar-refractivity contribution in [1.29, 1.82) is 0 Å². The van der Waals surface area contributed by atoms with Gasteiger partial charge >= 0.3 is 18.2 Å². The zero-order chi connectivity index (χ0) is 18.3. The number of ether oxygens (including phenoxy) is 2. The van der Waals surface area contributed by atoms with E-state index in [0.29, 0.717) is 11.3 Å². The number of nitrogens with one attached hydrogen (secondary N) is 1. The van der Waals surface area contributed by atoms with Crippen LogP contribution in [0.25, 0.3) is 0 Å². The van der Waals surface area contributed by atoms with E-state index in [0.717, 1.165) is 0 Å². The number of rotatable bonds is 3. The van der Waals surface area contributed by atoms with Gasteiger partial charge in [0, 0.05) is 5.69 Å². The van der Waals surface area contributed by atoms with Gasteiger partial charge in [-0.2, -0.15) is 4.79 Å². The molecular formula is C16H21NO7. The molecule has 8 heteroatoms. The summed E-state index contributed by atoms with van der Waals surface area (Å²) in [5.74, 6) is -0.857. The fourth-order valence-corrected chi connectivity index (χ4v) is 1.65. The zero-order valence-corrected chi connectivity index (χ0v) is 14.3. The first kappa shape index (κ1) is 19.3. The summed E-state index contributed by atoms with van der Waals surface area (Å²) in [5, 5.41) is 2.55. The van der Waals surface area contributed by atoms with Gasteiger partial charge < -0.3 is 9.47 Å². The van der Waals surface area contributed by atoms with E-state index in [4.69, 9.17) is 4.74 Å². The van der Waals surface area contributed by atoms with E-state index in [9.17, 15) is 14.4 Å². The van der Waals surface area contributed by atoms with Gasteiger partial charge in [0.2, 0.25) is 0 Å². The molecule has 0 aromatic heterocycles. The Morgan fingerprint density at radius 2 is 1.79 bits per heavy atom. The normalized spacial score (nSPS) is 10.5. The summed E-state index contributed by atoms with van der Waals surface area (Å²) in [6, 6.07) is 4.49. The van der Waals surface area contributed by atoms with Crippen LogP contribution < -0.4 is 5.32 Å². The highest BCUT2D eigenvalue weighted by Crippen LogP contribution is 2.17. The molecule has 0 aliphatic carbocycles. The number of aryl methyl sites for hydroxylation is 1. The minimum Gasteiger partial charge on any atom is -0.444 e. The summed E-state index contributed by atoms with van der Waals surface area (Å²) in [6.07, 6.45) is -1.71. The summed E-state index contributed by atoms with van der Waals surface area (Å²) in [4.78, 5) is 43.1. The van der Waals surface area contributed by atoms with Crippen LogP contribution in [0.4, 0.5) is 15.3 Å². The SMILES string of the molecule is CCOC(=O)OOC(=O)c1ccc(NC(=O)OC(C)(C)C)cc1C. The van der Waals surface area contributed by atoms with Gasteiger partial charge in [0.1, 0.15) is 5.60 Å². The van der Waals surface area contributed by atoms with Crippen molar-refractivity contribution in [3.05, 3.63) is 29.3 Å². The maximum Gasteiger partial charge on any atom is 0.549 e. The lowest BCUT2D eigenvalue weighted by molar-refractivity contribution is -0.202. The smallest absolute Gasteiger partial charge is 0.444 e. The third-order valence-electron chi connectivity index (χ3n) is 2.54. The van der Waals surface area contributed by atoms with E-state index < -0.39 is 23.8 Å². The molecule has 132 valence electrons. The minimum absolute atomic E-state index is 0.0977. The fourth-order valence-electron chi connectivity index (χ4n) is 1.65. The number of hydrogen-bond donors (Lipinski definition) is 1. The largest absolute Gasteiger partial charge is 0.549 e. The Bertz CT molecular complexity index is 619. The summed E-state index contributed by atoms with van der Waals surface area (Å²) in [7, 11) is 0. The summed E-state index contributed by atoms with van der Waals surface area (Å²) in [6.45, 7) is 8.58. The van der Waals surface area contributed by atoms with Crippen LogP contribution in [0.1, 0.15) is 43.6 Å². The van der Waals surface area contributed by atoms with Gasteiger partial charge in [-0.25, -0.2) is 19.4 Å². The highest BCUT2D eigenvalue weighted by atomic mass is 17.2. The molecule has 8 nitrogen and oxygen atoms in total. The molecule has 0 unspecified atom stereocenters. The predicted molar refractivity (Wildman–Crippen MR) is 84.6 cm³/mol. The number of carbonyl (C=O) groups excluding carboxylic acids is 3. The molecule has 0 bridgehead atoms. The Kier molecular flexibility index (Phi) is 6.58. The monoisotopic (exact) mass is 339 g/mol. The summed E-state index contributed by atoms with van der Waals surface area (Å²) < 4.78 is 9.60. The Hall–Kier alpha value is -2.77. The molecule has 0 aliphatic heterocycles. The lowest BCUT2D eigenvalue weighted by Gasteiger charge is -2.19. The van der Waals surface area contributed by atoms with Gasteiger partial charge in [-0.3, -0.25) is 5.32 Å². The van der Waals surface area contributed by atoms with Crippen molar-refractivity contribution < 1.29 is 33.6 Å². The van der Waals surface area contributed by atoms with E-state index in [1.165, 1.54) is 12.1 Å². The molecule has 1 rings (SSSR count). The van der Waals surface area contributed by atoms with E-state index in [1.54, 1.807) is 40.7 Å². The zero-order valence-electron chi connectivity index (χ0n) is 14.3. The molecule has 1 amide bonds. The van der Waals surface area contributed by atoms with E-state index >= 15 is 0 Å². The highest BCUT2D eigenvalue weighted by molar-refractivity contribution is 5.92. The third-order valence-corrected chi connectivity index (χ3v) is 2.54. The molecule has 0 spiro atoms. The molecule has 0 fully saturated rings. The van der Waals surface area contributed by atoms with Crippen molar-refractivity contribution in [2.75, 3.05) is 11.9 Å².